The SMILES string of the molecule is CCOC(=O)C1(C)CNCC1c1ccc(Cl)cc1. The van der Waals surface area contributed by atoms with E-state index in [0.717, 1.165) is 12.1 Å². The number of carbonyl (C=O) groups excluding carboxylic acids is 1. The van der Waals surface area contributed by atoms with Crippen LogP contribution in [0.25, 0.3) is 0 Å². The zero-order chi connectivity index (χ0) is 13.2. The van der Waals surface area contributed by atoms with Gasteiger partial charge in [0.2, 0.25) is 0 Å². The summed E-state index contributed by atoms with van der Waals surface area (Å²) < 4.78 is 5.20. The van der Waals surface area contributed by atoms with E-state index in [0.29, 0.717) is 18.2 Å². The Balaban J connectivity index is 2.26. The monoisotopic (exact) mass is 267 g/mol. The second-order valence-corrected chi connectivity index (χ2v) is 5.31. The van der Waals surface area contributed by atoms with Crippen LogP contribution in [0.2, 0.25) is 5.02 Å². The number of carbonyl (C=O) groups is 1. The summed E-state index contributed by atoms with van der Waals surface area (Å²) in [5.41, 5.74) is 0.629. The average Bonchev–Trinajstić information content (AvgIpc) is 2.74. The Labute approximate surface area is 112 Å². The van der Waals surface area contributed by atoms with Gasteiger partial charge < -0.3 is 10.1 Å². The van der Waals surface area contributed by atoms with Crippen molar-refractivity contribution < 1.29 is 9.53 Å². The van der Waals surface area contributed by atoms with Crippen LogP contribution in [0.4, 0.5) is 0 Å². The van der Waals surface area contributed by atoms with Crippen LogP contribution in [-0.2, 0) is 9.53 Å². The number of hydrogen-bond donors (Lipinski definition) is 1. The Kier molecular flexibility index (Phi) is 3.93. The quantitative estimate of drug-likeness (QED) is 0.856. The molecule has 1 saturated heterocycles. The molecule has 1 aliphatic rings. The molecule has 1 heterocycles. The molecule has 2 unspecified atom stereocenters. The highest BCUT2D eigenvalue weighted by atomic mass is 35.5. The summed E-state index contributed by atoms with van der Waals surface area (Å²) in [6, 6.07) is 7.69. The minimum absolute atomic E-state index is 0.130. The minimum Gasteiger partial charge on any atom is -0.466 e. The van der Waals surface area contributed by atoms with Crippen molar-refractivity contribution in [1.82, 2.24) is 5.32 Å². The van der Waals surface area contributed by atoms with Gasteiger partial charge in [-0.3, -0.25) is 4.79 Å². The molecular formula is C14H18ClNO2. The van der Waals surface area contributed by atoms with Crippen LogP contribution in [0, 0.1) is 5.41 Å². The van der Waals surface area contributed by atoms with Crippen molar-refractivity contribution in [2.75, 3.05) is 19.7 Å². The van der Waals surface area contributed by atoms with Crippen molar-refractivity contribution in [2.24, 2.45) is 5.41 Å². The summed E-state index contributed by atoms with van der Waals surface area (Å²) in [5, 5.41) is 3.99. The molecule has 1 aromatic carbocycles. The first-order valence-corrected chi connectivity index (χ1v) is 6.59. The molecule has 0 spiro atoms. The highest BCUT2D eigenvalue weighted by Crippen LogP contribution is 2.40. The van der Waals surface area contributed by atoms with E-state index < -0.39 is 5.41 Å². The van der Waals surface area contributed by atoms with E-state index in [1.54, 1.807) is 0 Å². The molecule has 0 radical (unpaired) electrons. The van der Waals surface area contributed by atoms with Gasteiger partial charge in [-0.05, 0) is 31.5 Å². The maximum atomic E-state index is 12.1. The molecule has 0 amide bonds. The van der Waals surface area contributed by atoms with Gasteiger partial charge in [-0.25, -0.2) is 0 Å². The van der Waals surface area contributed by atoms with Gasteiger partial charge in [-0.2, -0.15) is 0 Å². The molecule has 18 heavy (non-hydrogen) atoms. The van der Waals surface area contributed by atoms with Gasteiger partial charge in [0.1, 0.15) is 0 Å². The lowest BCUT2D eigenvalue weighted by atomic mass is 9.76. The molecule has 0 bridgehead atoms. The van der Waals surface area contributed by atoms with E-state index in [4.69, 9.17) is 16.3 Å². The molecule has 1 N–H and O–H groups in total. The zero-order valence-corrected chi connectivity index (χ0v) is 11.5. The van der Waals surface area contributed by atoms with Crippen molar-refractivity contribution in [2.45, 2.75) is 19.8 Å². The average molecular weight is 268 g/mol. The summed E-state index contributed by atoms with van der Waals surface area (Å²) in [7, 11) is 0. The third kappa shape index (κ3) is 2.38. The Hall–Kier alpha value is -1.06. The molecular weight excluding hydrogens is 250 g/mol. The van der Waals surface area contributed by atoms with Crippen molar-refractivity contribution in [3.63, 3.8) is 0 Å². The largest absolute Gasteiger partial charge is 0.466 e. The molecule has 1 aliphatic heterocycles. The maximum absolute atomic E-state index is 12.1. The molecule has 0 aromatic heterocycles. The fourth-order valence-electron chi connectivity index (χ4n) is 2.52. The second-order valence-electron chi connectivity index (χ2n) is 4.87. The van der Waals surface area contributed by atoms with Crippen LogP contribution in [-0.4, -0.2) is 25.7 Å². The minimum atomic E-state index is -0.496. The molecule has 98 valence electrons. The Bertz CT molecular complexity index is 432. The number of benzene rings is 1. The lowest BCUT2D eigenvalue weighted by Gasteiger charge is -2.28. The summed E-state index contributed by atoms with van der Waals surface area (Å²) in [6.07, 6.45) is 0. The van der Waals surface area contributed by atoms with Crippen molar-refractivity contribution >= 4 is 17.6 Å². The smallest absolute Gasteiger partial charge is 0.313 e. The van der Waals surface area contributed by atoms with Gasteiger partial charge in [0.05, 0.1) is 12.0 Å². The number of ether oxygens (including phenoxy) is 1. The lowest BCUT2D eigenvalue weighted by Crippen LogP contribution is -2.36. The van der Waals surface area contributed by atoms with Crippen LogP contribution < -0.4 is 5.32 Å². The van der Waals surface area contributed by atoms with Crippen molar-refractivity contribution in [1.29, 1.82) is 0 Å². The van der Waals surface area contributed by atoms with Crippen LogP contribution >= 0.6 is 11.6 Å². The Morgan fingerprint density at radius 3 is 2.78 bits per heavy atom. The predicted molar refractivity (Wildman–Crippen MR) is 71.8 cm³/mol. The summed E-state index contributed by atoms with van der Waals surface area (Å²) >= 11 is 5.89. The molecule has 2 atom stereocenters. The normalized spacial score (nSPS) is 27.2. The summed E-state index contributed by atoms with van der Waals surface area (Å²) in [5.74, 6) is 0.00349. The van der Waals surface area contributed by atoms with E-state index in [9.17, 15) is 4.79 Å². The predicted octanol–water partition coefficient (Wildman–Crippen LogP) is 2.60. The number of rotatable bonds is 3. The molecule has 1 fully saturated rings. The summed E-state index contributed by atoms with van der Waals surface area (Å²) in [6.45, 7) is 5.66. The first kappa shape index (κ1) is 13.4. The van der Waals surface area contributed by atoms with Crippen LogP contribution in [0.15, 0.2) is 24.3 Å². The van der Waals surface area contributed by atoms with Crippen LogP contribution in [0.5, 0.6) is 0 Å². The van der Waals surface area contributed by atoms with Crippen molar-refractivity contribution in [3.05, 3.63) is 34.9 Å². The van der Waals surface area contributed by atoms with Crippen molar-refractivity contribution in [3.8, 4) is 0 Å². The van der Waals surface area contributed by atoms with Gasteiger partial charge in [0, 0.05) is 24.0 Å². The molecule has 3 nitrogen and oxygen atoms in total. The molecule has 1 aromatic rings. The van der Waals surface area contributed by atoms with Gasteiger partial charge in [-0.1, -0.05) is 23.7 Å². The second kappa shape index (κ2) is 5.29. The maximum Gasteiger partial charge on any atom is 0.313 e. The van der Waals surface area contributed by atoms with E-state index in [2.05, 4.69) is 5.32 Å². The third-order valence-electron chi connectivity index (χ3n) is 3.62. The summed E-state index contributed by atoms with van der Waals surface area (Å²) in [4.78, 5) is 12.1. The third-order valence-corrected chi connectivity index (χ3v) is 3.88. The highest BCUT2D eigenvalue weighted by Gasteiger charge is 2.46. The first-order valence-electron chi connectivity index (χ1n) is 6.21. The van der Waals surface area contributed by atoms with Crippen LogP contribution in [0.3, 0.4) is 0 Å². The van der Waals surface area contributed by atoms with Gasteiger partial charge in [-0.15, -0.1) is 0 Å². The Morgan fingerprint density at radius 2 is 2.17 bits per heavy atom. The Morgan fingerprint density at radius 1 is 1.50 bits per heavy atom. The molecule has 0 aliphatic carbocycles. The fourth-order valence-corrected chi connectivity index (χ4v) is 2.64. The number of hydrogen-bond acceptors (Lipinski definition) is 3. The standard InChI is InChI=1S/C14H18ClNO2/c1-3-18-13(17)14(2)9-16-8-12(14)10-4-6-11(15)7-5-10/h4-7,12,16H,3,8-9H2,1-2H3. The number of esters is 1. The number of halogens is 1. The number of nitrogens with one attached hydrogen (secondary N) is 1. The van der Waals surface area contributed by atoms with Crippen LogP contribution in [0.1, 0.15) is 25.3 Å². The van der Waals surface area contributed by atoms with Gasteiger partial charge >= 0.3 is 5.97 Å². The highest BCUT2D eigenvalue weighted by molar-refractivity contribution is 6.30. The molecule has 4 heteroatoms. The topological polar surface area (TPSA) is 38.3 Å². The van der Waals surface area contributed by atoms with E-state index in [-0.39, 0.29) is 11.9 Å². The van der Waals surface area contributed by atoms with E-state index >= 15 is 0 Å². The zero-order valence-electron chi connectivity index (χ0n) is 10.7. The lowest BCUT2D eigenvalue weighted by molar-refractivity contribution is -0.154. The van der Waals surface area contributed by atoms with Gasteiger partial charge in [0.25, 0.3) is 0 Å². The first-order chi connectivity index (χ1) is 8.58. The van der Waals surface area contributed by atoms with E-state index in [1.807, 2.05) is 38.1 Å². The van der Waals surface area contributed by atoms with Gasteiger partial charge in [0.15, 0.2) is 0 Å². The molecule has 0 saturated carbocycles. The molecule has 2 rings (SSSR count). The van der Waals surface area contributed by atoms with E-state index in [1.165, 1.54) is 0 Å². The fraction of sp³-hybridized carbons (Fsp3) is 0.500.